The van der Waals surface area contributed by atoms with Gasteiger partial charge in [-0.3, -0.25) is 4.79 Å². The lowest BCUT2D eigenvalue weighted by molar-refractivity contribution is -0.141. The van der Waals surface area contributed by atoms with Crippen molar-refractivity contribution in [3.63, 3.8) is 0 Å². The minimum absolute atomic E-state index is 0.213. The highest BCUT2D eigenvalue weighted by Crippen LogP contribution is 2.43. The summed E-state index contributed by atoms with van der Waals surface area (Å²) in [6.45, 7) is 3.15. The third-order valence-electron chi connectivity index (χ3n) is 4.11. The Morgan fingerprint density at radius 3 is 2.55 bits per heavy atom. The lowest BCUT2D eigenvalue weighted by Gasteiger charge is -2.41. The molecule has 0 aromatic rings. The fourth-order valence-corrected chi connectivity index (χ4v) is 2.59. The number of methoxy groups -OCH3 is 1. The predicted octanol–water partition coefficient (Wildman–Crippen LogP) is 1.56. The highest BCUT2D eigenvalue weighted by molar-refractivity contribution is 5.75. The summed E-state index contributed by atoms with van der Waals surface area (Å²) in [7, 11) is 3.32. The van der Waals surface area contributed by atoms with Crippen molar-refractivity contribution in [2.75, 3.05) is 33.9 Å². The number of urea groups is 1. The van der Waals surface area contributed by atoms with Crippen molar-refractivity contribution in [2.45, 2.75) is 32.6 Å². The Hall–Kier alpha value is -1.30. The number of aliphatic carboxylic acids is 1. The smallest absolute Gasteiger partial charge is 0.317 e. The topological polar surface area (TPSA) is 78.9 Å². The molecule has 2 amide bonds. The lowest BCUT2D eigenvalue weighted by atomic mass is 9.67. The van der Waals surface area contributed by atoms with Crippen molar-refractivity contribution in [3.8, 4) is 0 Å². The van der Waals surface area contributed by atoms with Gasteiger partial charge in [0.25, 0.3) is 0 Å². The molecule has 116 valence electrons. The summed E-state index contributed by atoms with van der Waals surface area (Å²) in [6.07, 6.45) is 4.45. The fraction of sp³-hybridized carbons (Fsp3) is 0.857. The van der Waals surface area contributed by atoms with Crippen molar-refractivity contribution < 1.29 is 19.4 Å². The Morgan fingerprint density at radius 2 is 2.10 bits per heavy atom. The van der Waals surface area contributed by atoms with Gasteiger partial charge < -0.3 is 20.1 Å². The quantitative estimate of drug-likeness (QED) is 0.709. The van der Waals surface area contributed by atoms with E-state index in [4.69, 9.17) is 9.84 Å². The second-order valence-electron chi connectivity index (χ2n) is 5.89. The molecular weight excluding hydrogens is 260 g/mol. The number of carbonyl (C=O) groups excluding carboxylic acids is 1. The molecule has 20 heavy (non-hydrogen) atoms. The summed E-state index contributed by atoms with van der Waals surface area (Å²) >= 11 is 0. The van der Waals surface area contributed by atoms with E-state index in [9.17, 15) is 9.59 Å². The van der Waals surface area contributed by atoms with Crippen LogP contribution < -0.4 is 5.32 Å². The van der Waals surface area contributed by atoms with Crippen LogP contribution in [0.15, 0.2) is 0 Å². The Balaban J connectivity index is 2.27. The highest BCUT2D eigenvalue weighted by atomic mass is 16.5. The van der Waals surface area contributed by atoms with Crippen LogP contribution in [0.4, 0.5) is 4.79 Å². The van der Waals surface area contributed by atoms with E-state index in [0.717, 1.165) is 25.9 Å². The van der Waals surface area contributed by atoms with Crippen molar-refractivity contribution in [3.05, 3.63) is 0 Å². The van der Waals surface area contributed by atoms with Gasteiger partial charge in [-0.15, -0.1) is 0 Å². The third-order valence-corrected chi connectivity index (χ3v) is 4.11. The van der Waals surface area contributed by atoms with Crippen LogP contribution in [0, 0.1) is 11.3 Å². The molecule has 0 heterocycles. The van der Waals surface area contributed by atoms with Gasteiger partial charge in [-0.1, -0.05) is 13.3 Å². The van der Waals surface area contributed by atoms with Gasteiger partial charge in [0.05, 0.1) is 12.5 Å². The molecule has 6 nitrogen and oxygen atoms in total. The fourth-order valence-electron chi connectivity index (χ4n) is 2.59. The number of amides is 2. The molecule has 1 atom stereocenters. The zero-order chi connectivity index (χ0) is 15.2. The summed E-state index contributed by atoms with van der Waals surface area (Å²) in [4.78, 5) is 24.0. The van der Waals surface area contributed by atoms with Crippen LogP contribution in [-0.4, -0.2) is 55.9 Å². The zero-order valence-electron chi connectivity index (χ0n) is 12.6. The lowest BCUT2D eigenvalue weighted by Crippen LogP contribution is -2.43. The van der Waals surface area contributed by atoms with E-state index in [-0.39, 0.29) is 18.0 Å². The molecule has 0 saturated heterocycles. The maximum Gasteiger partial charge on any atom is 0.317 e. The number of carbonyl (C=O) groups is 2. The summed E-state index contributed by atoms with van der Waals surface area (Å²) in [5.74, 6) is -1.45. The van der Waals surface area contributed by atoms with E-state index in [2.05, 4.69) is 5.32 Å². The van der Waals surface area contributed by atoms with Crippen LogP contribution in [-0.2, 0) is 9.53 Å². The van der Waals surface area contributed by atoms with Crippen molar-refractivity contribution in [1.82, 2.24) is 10.2 Å². The van der Waals surface area contributed by atoms with Crippen molar-refractivity contribution in [1.29, 1.82) is 0 Å². The van der Waals surface area contributed by atoms with Crippen LogP contribution in [0.1, 0.15) is 32.6 Å². The summed E-state index contributed by atoms with van der Waals surface area (Å²) < 4.78 is 5.24. The van der Waals surface area contributed by atoms with E-state index in [1.54, 1.807) is 21.1 Å². The predicted molar refractivity (Wildman–Crippen MR) is 75.6 cm³/mol. The summed E-state index contributed by atoms with van der Waals surface area (Å²) in [5.41, 5.74) is 0.231. The largest absolute Gasteiger partial charge is 0.481 e. The normalized spacial score (nSPS) is 17.9. The van der Waals surface area contributed by atoms with E-state index < -0.39 is 11.9 Å². The number of ether oxygens (including phenoxy) is 1. The molecule has 0 radical (unpaired) electrons. The van der Waals surface area contributed by atoms with Crippen LogP contribution in [0.25, 0.3) is 0 Å². The first-order chi connectivity index (χ1) is 9.40. The molecule has 0 aliphatic heterocycles. The first-order valence-corrected chi connectivity index (χ1v) is 7.11. The van der Waals surface area contributed by atoms with E-state index >= 15 is 0 Å². The first-order valence-electron chi connectivity index (χ1n) is 7.11. The number of nitrogens with zero attached hydrogens (tertiary/aromatic N) is 1. The number of nitrogens with one attached hydrogen (secondary N) is 1. The SMILES string of the molecule is COCC1(CCNC(=O)N(C)CC(C)C(=O)O)CCC1. The Morgan fingerprint density at radius 1 is 1.45 bits per heavy atom. The van der Waals surface area contributed by atoms with Gasteiger partial charge in [0, 0.05) is 27.2 Å². The molecule has 2 N–H and O–H groups in total. The van der Waals surface area contributed by atoms with E-state index in [1.807, 2.05) is 0 Å². The van der Waals surface area contributed by atoms with Crippen LogP contribution in [0.2, 0.25) is 0 Å². The molecule has 1 unspecified atom stereocenters. The van der Waals surface area contributed by atoms with Crippen LogP contribution in [0.3, 0.4) is 0 Å². The average molecular weight is 286 g/mol. The highest BCUT2D eigenvalue weighted by Gasteiger charge is 2.36. The molecule has 0 aromatic carbocycles. The minimum atomic E-state index is -0.891. The molecule has 1 fully saturated rings. The summed E-state index contributed by atoms with van der Waals surface area (Å²) in [6, 6.07) is -0.218. The molecule has 1 aliphatic rings. The Labute approximate surface area is 120 Å². The van der Waals surface area contributed by atoms with Crippen LogP contribution >= 0.6 is 0 Å². The van der Waals surface area contributed by atoms with Gasteiger partial charge in [0.15, 0.2) is 0 Å². The molecular formula is C14H26N2O4. The number of carboxylic acids is 1. The molecule has 6 heteroatoms. The van der Waals surface area contributed by atoms with Gasteiger partial charge in [-0.25, -0.2) is 4.79 Å². The molecule has 0 bridgehead atoms. The zero-order valence-corrected chi connectivity index (χ0v) is 12.6. The first kappa shape index (κ1) is 16.8. The summed E-state index contributed by atoms with van der Waals surface area (Å²) in [5, 5.41) is 11.7. The third kappa shape index (κ3) is 4.67. The van der Waals surface area contributed by atoms with Gasteiger partial charge in [0.1, 0.15) is 0 Å². The standard InChI is InChI=1S/C14H26N2O4/c1-11(12(17)18)9-16(2)13(19)15-8-7-14(10-20-3)5-4-6-14/h11H,4-10H2,1-3H3,(H,15,19)(H,17,18). The van der Waals surface area contributed by atoms with E-state index in [0.29, 0.717) is 6.54 Å². The molecule has 1 aliphatic carbocycles. The maximum atomic E-state index is 11.8. The Bertz CT molecular complexity index is 342. The maximum absolute atomic E-state index is 11.8. The van der Waals surface area contributed by atoms with Crippen LogP contribution in [0.5, 0.6) is 0 Å². The van der Waals surface area contributed by atoms with Gasteiger partial charge in [-0.2, -0.15) is 0 Å². The van der Waals surface area contributed by atoms with E-state index in [1.165, 1.54) is 11.3 Å². The van der Waals surface area contributed by atoms with Crippen molar-refractivity contribution in [2.24, 2.45) is 11.3 Å². The van der Waals surface area contributed by atoms with Gasteiger partial charge in [0.2, 0.25) is 0 Å². The minimum Gasteiger partial charge on any atom is -0.481 e. The number of hydrogen-bond donors (Lipinski definition) is 2. The molecule has 1 saturated carbocycles. The number of hydrogen-bond acceptors (Lipinski definition) is 3. The second-order valence-corrected chi connectivity index (χ2v) is 5.89. The second kappa shape index (κ2) is 7.47. The van der Waals surface area contributed by atoms with Crippen molar-refractivity contribution >= 4 is 12.0 Å². The monoisotopic (exact) mass is 286 g/mol. The molecule has 0 spiro atoms. The van der Waals surface area contributed by atoms with Gasteiger partial charge >= 0.3 is 12.0 Å². The Kier molecular flexibility index (Phi) is 6.26. The molecule has 0 aromatic heterocycles. The van der Waals surface area contributed by atoms with Gasteiger partial charge in [-0.05, 0) is 24.7 Å². The number of rotatable bonds is 8. The average Bonchev–Trinajstić information content (AvgIpc) is 2.35. The number of carboxylic acid groups (broad SMARTS) is 1. The molecule has 1 rings (SSSR count).